The lowest BCUT2D eigenvalue weighted by atomic mass is 9.77. The minimum absolute atomic E-state index is 0.0402. The van der Waals surface area contributed by atoms with Gasteiger partial charge in [0.05, 0.1) is 31.7 Å². The molecule has 39 heavy (non-hydrogen) atoms. The molecule has 12 heteroatoms. The number of fused-ring (bicyclic) bond motifs is 3. The number of carboxylic acids is 2. The van der Waals surface area contributed by atoms with E-state index in [2.05, 4.69) is 20.3 Å². The van der Waals surface area contributed by atoms with Gasteiger partial charge in [-0.2, -0.15) is 9.97 Å². The molecule has 0 bridgehead atoms. The van der Waals surface area contributed by atoms with Crippen LogP contribution in [0.5, 0.6) is 17.8 Å². The summed E-state index contributed by atoms with van der Waals surface area (Å²) in [6.07, 6.45) is -1.64. The molecular weight excluding hydrogens is 506 g/mol. The topological polar surface area (TPSA) is 158 Å². The molecule has 2 aromatic carbocycles. The van der Waals surface area contributed by atoms with E-state index in [9.17, 15) is 19.8 Å². The number of aromatic nitrogens is 4. The second kappa shape index (κ2) is 10.1. The number of carbonyl (C=O) groups is 2. The lowest BCUT2D eigenvalue weighted by Gasteiger charge is -2.39. The maximum absolute atomic E-state index is 13.1. The summed E-state index contributed by atoms with van der Waals surface area (Å²) in [5.74, 6) is -1.83. The third-order valence-electron chi connectivity index (χ3n) is 6.59. The zero-order valence-corrected chi connectivity index (χ0v) is 21.3. The second-order valence-electron chi connectivity index (χ2n) is 8.71. The number of para-hydroxylation sites is 1. The Kier molecular flexibility index (Phi) is 6.62. The van der Waals surface area contributed by atoms with E-state index >= 15 is 0 Å². The molecule has 2 aromatic heterocycles. The zero-order chi connectivity index (χ0) is 27.7. The number of aryl methyl sites for hydroxylation is 1. The van der Waals surface area contributed by atoms with E-state index in [1.54, 1.807) is 60.0 Å². The van der Waals surface area contributed by atoms with E-state index < -0.39 is 23.6 Å². The van der Waals surface area contributed by atoms with Gasteiger partial charge in [-0.25, -0.2) is 14.6 Å². The summed E-state index contributed by atoms with van der Waals surface area (Å²) in [6, 6.07) is 17.2. The van der Waals surface area contributed by atoms with Crippen LogP contribution in [0.4, 0.5) is 0 Å². The fourth-order valence-electron chi connectivity index (χ4n) is 4.97. The van der Waals surface area contributed by atoms with E-state index in [0.29, 0.717) is 28.3 Å². The monoisotopic (exact) mass is 531 g/mol. The summed E-state index contributed by atoms with van der Waals surface area (Å²) in [4.78, 5) is 37.8. The third-order valence-corrected chi connectivity index (χ3v) is 6.59. The standard InChI is InChI=1S/C27H25N5O7/c1-15-29-22(24(33)34)19-14-28-27(16-9-5-4-6-10-16,17-11-7-8-12-18(17)32(15)19)23(25(35)36)39-26-30-20(37-2)13-21(31-26)38-3/h4-13,23,28H,14H2,1-3H3,(H,33,34)(H,35,36)/t23-,27+/m1/s1. The highest BCUT2D eigenvalue weighted by atomic mass is 16.5. The van der Waals surface area contributed by atoms with Crippen LogP contribution in [0.1, 0.15) is 33.1 Å². The fraction of sp³-hybridized carbons (Fsp3) is 0.222. The van der Waals surface area contributed by atoms with Crippen LogP contribution >= 0.6 is 0 Å². The molecule has 0 spiro atoms. The summed E-state index contributed by atoms with van der Waals surface area (Å²) < 4.78 is 18.2. The Morgan fingerprint density at radius 1 is 0.974 bits per heavy atom. The first-order chi connectivity index (χ1) is 18.8. The van der Waals surface area contributed by atoms with Gasteiger partial charge in [-0.05, 0) is 18.6 Å². The van der Waals surface area contributed by atoms with E-state index in [4.69, 9.17) is 14.2 Å². The number of nitrogens with zero attached hydrogens (tertiary/aromatic N) is 4. The summed E-state index contributed by atoms with van der Waals surface area (Å²) in [6.45, 7) is 1.66. The van der Waals surface area contributed by atoms with E-state index in [-0.39, 0.29) is 30.0 Å². The van der Waals surface area contributed by atoms with Gasteiger partial charge in [0.2, 0.25) is 17.9 Å². The first-order valence-corrected chi connectivity index (χ1v) is 11.9. The summed E-state index contributed by atoms with van der Waals surface area (Å²) in [5.41, 5.74) is 0.339. The minimum atomic E-state index is -1.64. The highest BCUT2D eigenvalue weighted by molar-refractivity contribution is 5.87. The Morgan fingerprint density at radius 3 is 2.23 bits per heavy atom. The van der Waals surface area contributed by atoms with Crippen molar-refractivity contribution < 1.29 is 34.0 Å². The predicted octanol–water partition coefficient (Wildman–Crippen LogP) is 2.57. The number of hydrogen-bond acceptors (Lipinski definition) is 9. The van der Waals surface area contributed by atoms with Crippen LogP contribution in [0.2, 0.25) is 0 Å². The average molecular weight is 532 g/mol. The van der Waals surface area contributed by atoms with Crippen LogP contribution in [0.15, 0.2) is 60.7 Å². The first kappa shape index (κ1) is 25.7. The smallest absolute Gasteiger partial charge is 0.356 e. The average Bonchev–Trinajstić information content (AvgIpc) is 3.20. The summed E-state index contributed by atoms with van der Waals surface area (Å²) >= 11 is 0. The van der Waals surface area contributed by atoms with Gasteiger partial charge >= 0.3 is 17.9 Å². The Morgan fingerprint density at radius 2 is 1.62 bits per heavy atom. The SMILES string of the molecule is COc1cc(OC)nc(O[C@H](C(=O)O)[C@@]2(c3ccccc3)NCc3c(C(=O)O)nc(C)n3-c3ccccc32)n1. The summed E-state index contributed by atoms with van der Waals surface area (Å²) in [7, 11) is 2.80. The van der Waals surface area contributed by atoms with Crippen LogP contribution in [-0.4, -0.2) is 62.0 Å². The molecular formula is C27H25N5O7. The number of ether oxygens (including phenoxy) is 3. The molecule has 4 aromatic rings. The molecule has 5 rings (SSSR count). The molecule has 3 N–H and O–H groups in total. The highest BCUT2D eigenvalue weighted by Gasteiger charge is 2.51. The Labute approximate surface area is 222 Å². The molecule has 1 aliphatic heterocycles. The highest BCUT2D eigenvalue weighted by Crippen LogP contribution is 2.42. The molecule has 0 unspecified atom stereocenters. The predicted molar refractivity (Wildman–Crippen MR) is 137 cm³/mol. The van der Waals surface area contributed by atoms with Gasteiger partial charge in [-0.1, -0.05) is 48.5 Å². The normalized spacial score (nSPS) is 16.8. The van der Waals surface area contributed by atoms with Crippen LogP contribution in [0.25, 0.3) is 5.69 Å². The Balaban J connectivity index is 1.79. The number of rotatable bonds is 8. The number of methoxy groups -OCH3 is 2. The van der Waals surface area contributed by atoms with Crippen LogP contribution in [-0.2, 0) is 16.9 Å². The molecule has 2 atom stereocenters. The van der Waals surface area contributed by atoms with E-state index in [1.807, 2.05) is 6.07 Å². The van der Waals surface area contributed by atoms with Crippen molar-refractivity contribution in [3.8, 4) is 23.5 Å². The van der Waals surface area contributed by atoms with Gasteiger partial charge in [0, 0.05) is 12.1 Å². The molecule has 0 aliphatic carbocycles. The second-order valence-corrected chi connectivity index (χ2v) is 8.71. The number of benzene rings is 2. The zero-order valence-electron chi connectivity index (χ0n) is 21.3. The molecule has 12 nitrogen and oxygen atoms in total. The number of aromatic carboxylic acids is 1. The fourth-order valence-corrected chi connectivity index (χ4v) is 4.97. The minimum Gasteiger partial charge on any atom is -0.481 e. The molecule has 200 valence electrons. The van der Waals surface area contributed by atoms with Gasteiger partial charge in [-0.3, -0.25) is 9.88 Å². The first-order valence-electron chi connectivity index (χ1n) is 11.9. The van der Waals surface area contributed by atoms with Crippen LogP contribution < -0.4 is 19.5 Å². The number of hydrogen-bond donors (Lipinski definition) is 3. The molecule has 0 saturated carbocycles. The lowest BCUT2D eigenvalue weighted by Crippen LogP contribution is -2.57. The van der Waals surface area contributed by atoms with Crippen molar-refractivity contribution in [3.63, 3.8) is 0 Å². The molecule has 3 heterocycles. The lowest BCUT2D eigenvalue weighted by molar-refractivity contribution is -0.149. The largest absolute Gasteiger partial charge is 0.481 e. The quantitative estimate of drug-likeness (QED) is 0.307. The van der Waals surface area contributed by atoms with Crippen molar-refractivity contribution in [3.05, 3.63) is 89.0 Å². The van der Waals surface area contributed by atoms with Crippen molar-refractivity contribution >= 4 is 11.9 Å². The third kappa shape index (κ3) is 4.30. The van der Waals surface area contributed by atoms with Crippen LogP contribution in [0.3, 0.4) is 0 Å². The van der Waals surface area contributed by atoms with Gasteiger partial charge in [-0.15, -0.1) is 0 Å². The maximum atomic E-state index is 13.1. The van der Waals surface area contributed by atoms with E-state index in [1.165, 1.54) is 20.3 Å². The van der Waals surface area contributed by atoms with Crippen molar-refractivity contribution in [2.24, 2.45) is 0 Å². The summed E-state index contributed by atoms with van der Waals surface area (Å²) in [5, 5.41) is 23.9. The number of nitrogens with one attached hydrogen (secondary N) is 1. The van der Waals surface area contributed by atoms with Gasteiger partial charge in [0.25, 0.3) is 0 Å². The van der Waals surface area contributed by atoms with Gasteiger partial charge in [0.1, 0.15) is 11.4 Å². The number of carboxylic acid groups (broad SMARTS) is 2. The Hall–Kier alpha value is -4.97. The van der Waals surface area contributed by atoms with E-state index in [0.717, 1.165) is 0 Å². The van der Waals surface area contributed by atoms with Gasteiger partial charge < -0.3 is 24.4 Å². The van der Waals surface area contributed by atoms with Crippen molar-refractivity contribution in [1.82, 2.24) is 24.8 Å². The number of imidazole rings is 1. The Bertz CT molecular complexity index is 1530. The molecule has 0 saturated heterocycles. The van der Waals surface area contributed by atoms with Crippen molar-refractivity contribution in [2.45, 2.75) is 25.1 Å². The van der Waals surface area contributed by atoms with Crippen LogP contribution in [0, 0.1) is 6.92 Å². The van der Waals surface area contributed by atoms with Gasteiger partial charge in [0.15, 0.2) is 5.69 Å². The van der Waals surface area contributed by atoms with Crippen molar-refractivity contribution in [2.75, 3.05) is 14.2 Å². The molecule has 0 radical (unpaired) electrons. The molecule has 0 fully saturated rings. The molecule has 1 aliphatic rings. The molecule has 0 amide bonds. The maximum Gasteiger partial charge on any atom is 0.356 e. The van der Waals surface area contributed by atoms with Crippen molar-refractivity contribution in [1.29, 1.82) is 0 Å². The number of aliphatic carboxylic acids is 1.